The number of ether oxygens (including phenoxy) is 1. The van der Waals surface area contributed by atoms with Gasteiger partial charge in [0, 0.05) is 30.8 Å². The number of piperidine rings is 1. The van der Waals surface area contributed by atoms with Crippen molar-refractivity contribution in [1.82, 2.24) is 14.8 Å². The molecule has 0 radical (unpaired) electrons. The summed E-state index contributed by atoms with van der Waals surface area (Å²) in [6.45, 7) is 4.79. The summed E-state index contributed by atoms with van der Waals surface area (Å²) in [6, 6.07) is 7.61. The Morgan fingerprint density at radius 3 is 2.41 bits per heavy atom. The molecule has 1 N–H and O–H groups in total. The van der Waals surface area contributed by atoms with E-state index in [1.165, 1.54) is 37.1 Å². The van der Waals surface area contributed by atoms with E-state index in [1.54, 1.807) is 18.2 Å². The number of alkyl halides is 3. The lowest BCUT2D eigenvalue weighted by Crippen LogP contribution is -2.46. The first-order valence-corrected chi connectivity index (χ1v) is 12.6. The van der Waals surface area contributed by atoms with Crippen LogP contribution >= 0.6 is 0 Å². The van der Waals surface area contributed by atoms with Crippen molar-refractivity contribution in [3.8, 4) is 17.0 Å². The van der Waals surface area contributed by atoms with Gasteiger partial charge in [0.25, 0.3) is 5.91 Å². The molecule has 1 unspecified atom stereocenters. The summed E-state index contributed by atoms with van der Waals surface area (Å²) in [7, 11) is 0. The van der Waals surface area contributed by atoms with Crippen LogP contribution in [0.4, 0.5) is 17.6 Å². The quantitative estimate of drug-likeness (QED) is 0.530. The van der Waals surface area contributed by atoms with Gasteiger partial charge in [0.1, 0.15) is 11.6 Å². The second-order valence-corrected chi connectivity index (χ2v) is 10.7. The van der Waals surface area contributed by atoms with Crippen molar-refractivity contribution >= 4 is 5.91 Å². The van der Waals surface area contributed by atoms with E-state index in [-0.39, 0.29) is 36.0 Å². The third-order valence-electron chi connectivity index (χ3n) is 7.26. The van der Waals surface area contributed by atoms with Crippen molar-refractivity contribution in [2.75, 3.05) is 39.3 Å². The Bertz CT molecular complexity index is 1080. The fourth-order valence-electron chi connectivity index (χ4n) is 4.76. The molecule has 0 spiro atoms. The van der Waals surface area contributed by atoms with Gasteiger partial charge in [-0.05, 0) is 82.4 Å². The van der Waals surface area contributed by atoms with Gasteiger partial charge >= 0.3 is 6.18 Å². The molecular formula is C27H33F4N3O3. The molecule has 0 saturated carbocycles. The van der Waals surface area contributed by atoms with Crippen LogP contribution in [-0.4, -0.2) is 77.4 Å². The number of hydrogen-bond donors (Lipinski definition) is 1. The van der Waals surface area contributed by atoms with E-state index >= 15 is 0 Å². The predicted octanol–water partition coefficient (Wildman–Crippen LogP) is 4.77. The molecule has 0 bridgehead atoms. The molecule has 3 heterocycles. The van der Waals surface area contributed by atoms with Crippen molar-refractivity contribution in [1.29, 1.82) is 0 Å². The van der Waals surface area contributed by atoms with E-state index in [0.29, 0.717) is 44.1 Å². The van der Waals surface area contributed by atoms with Crippen molar-refractivity contribution in [2.24, 2.45) is 11.3 Å². The Labute approximate surface area is 214 Å². The van der Waals surface area contributed by atoms with E-state index in [9.17, 15) is 27.5 Å². The average molecular weight is 524 g/mol. The first kappa shape index (κ1) is 27.3. The number of nitrogens with zero attached hydrogens (tertiary/aromatic N) is 3. The monoisotopic (exact) mass is 523 g/mol. The molecule has 10 heteroatoms. The number of halogens is 4. The zero-order chi connectivity index (χ0) is 26.8. The second-order valence-electron chi connectivity index (χ2n) is 10.7. The largest absolute Gasteiger partial charge is 0.492 e. The van der Waals surface area contributed by atoms with Crippen molar-refractivity contribution in [3.63, 3.8) is 0 Å². The maximum atomic E-state index is 14.8. The highest BCUT2D eigenvalue weighted by Crippen LogP contribution is 2.38. The van der Waals surface area contributed by atoms with Crippen molar-refractivity contribution in [3.05, 3.63) is 47.9 Å². The number of aliphatic hydroxyl groups is 1. The maximum absolute atomic E-state index is 14.8. The highest BCUT2D eigenvalue weighted by molar-refractivity contribution is 5.95. The zero-order valence-corrected chi connectivity index (χ0v) is 21.1. The molecule has 2 fully saturated rings. The summed E-state index contributed by atoms with van der Waals surface area (Å²) in [6.07, 6.45) is -1.23. The summed E-state index contributed by atoms with van der Waals surface area (Å²) < 4.78 is 60.1. The fraction of sp³-hybridized carbons (Fsp3) is 0.556. The topological polar surface area (TPSA) is 65.9 Å². The lowest BCUT2D eigenvalue weighted by molar-refractivity contribution is -0.217. The molecule has 2 aromatic rings. The van der Waals surface area contributed by atoms with Gasteiger partial charge in [0.2, 0.25) is 0 Å². The molecule has 1 aromatic heterocycles. The molecule has 0 aliphatic carbocycles. The van der Waals surface area contributed by atoms with Gasteiger partial charge in [0.15, 0.2) is 0 Å². The Balaban J connectivity index is 1.27. The number of aromatic nitrogens is 1. The number of pyridine rings is 1. The molecule has 1 atom stereocenters. The van der Waals surface area contributed by atoms with Gasteiger partial charge in [0.05, 0.1) is 30.0 Å². The standard InChI is InChI=1S/C27H33F4N3O3/c1-26(2,27(29,30)31)17-33-10-7-18(8-11-33)16-37-21-4-6-24(32-14-21)22-5-3-19(13-23(22)28)25(36)34-12-9-20(35)15-34/h3-6,13-14,18,20,35H,7-12,15-17H2,1-2H3. The Kier molecular flexibility index (Phi) is 8.08. The molecule has 1 aromatic carbocycles. The summed E-state index contributed by atoms with van der Waals surface area (Å²) in [5, 5.41) is 9.63. The van der Waals surface area contributed by atoms with E-state index in [2.05, 4.69) is 4.98 Å². The van der Waals surface area contributed by atoms with Crippen LogP contribution in [0.5, 0.6) is 5.75 Å². The van der Waals surface area contributed by atoms with Crippen molar-refractivity contribution < 1.29 is 32.2 Å². The summed E-state index contributed by atoms with van der Waals surface area (Å²) >= 11 is 0. The number of carbonyl (C=O) groups is 1. The highest BCUT2D eigenvalue weighted by atomic mass is 19.4. The van der Waals surface area contributed by atoms with Crippen LogP contribution in [0.25, 0.3) is 11.3 Å². The normalized spacial score (nSPS) is 19.9. The SMILES string of the molecule is CC(C)(CN1CCC(COc2ccc(-c3ccc(C(=O)N4CCC(O)C4)cc3F)nc2)CC1)C(F)(F)F. The number of aliphatic hydroxyl groups excluding tert-OH is 1. The molecular weight excluding hydrogens is 490 g/mol. The lowest BCUT2D eigenvalue weighted by Gasteiger charge is -2.38. The number of hydrogen-bond acceptors (Lipinski definition) is 5. The van der Waals surface area contributed by atoms with Crippen LogP contribution in [0, 0.1) is 17.2 Å². The maximum Gasteiger partial charge on any atom is 0.395 e. The Morgan fingerprint density at radius 1 is 1.11 bits per heavy atom. The minimum Gasteiger partial charge on any atom is -0.492 e. The summed E-state index contributed by atoms with van der Waals surface area (Å²) in [4.78, 5) is 20.2. The summed E-state index contributed by atoms with van der Waals surface area (Å²) in [5.41, 5.74) is -0.848. The molecule has 2 aliphatic rings. The first-order chi connectivity index (χ1) is 17.4. The number of carbonyl (C=O) groups excluding carboxylic acids is 1. The number of likely N-dealkylation sites (tertiary alicyclic amines) is 2. The minimum atomic E-state index is -4.23. The van der Waals surface area contributed by atoms with E-state index < -0.39 is 23.5 Å². The van der Waals surface area contributed by atoms with Gasteiger partial charge in [-0.15, -0.1) is 0 Å². The van der Waals surface area contributed by atoms with Gasteiger partial charge in [-0.1, -0.05) is 0 Å². The lowest BCUT2D eigenvalue weighted by atomic mass is 9.89. The molecule has 2 aliphatic heterocycles. The van der Waals surface area contributed by atoms with E-state index in [0.717, 1.165) is 12.8 Å². The van der Waals surface area contributed by atoms with Gasteiger partial charge in [-0.25, -0.2) is 4.39 Å². The Morgan fingerprint density at radius 2 is 1.84 bits per heavy atom. The van der Waals surface area contributed by atoms with Crippen LogP contribution in [0.1, 0.15) is 43.5 Å². The predicted molar refractivity (Wildman–Crippen MR) is 131 cm³/mol. The van der Waals surface area contributed by atoms with Gasteiger partial charge in [-0.2, -0.15) is 13.2 Å². The van der Waals surface area contributed by atoms with E-state index in [4.69, 9.17) is 4.74 Å². The first-order valence-electron chi connectivity index (χ1n) is 12.6. The number of β-amino-alcohol motifs (C(OH)–C–C–N with tert-alkyl or cyclic N) is 1. The Hall–Kier alpha value is -2.72. The van der Waals surface area contributed by atoms with E-state index in [1.807, 2.05) is 4.90 Å². The smallest absolute Gasteiger partial charge is 0.395 e. The van der Waals surface area contributed by atoms with Crippen LogP contribution in [0.2, 0.25) is 0 Å². The molecule has 1 amide bonds. The molecule has 4 rings (SSSR count). The molecule has 2 saturated heterocycles. The average Bonchev–Trinajstić information content (AvgIpc) is 3.29. The second kappa shape index (κ2) is 10.9. The third kappa shape index (κ3) is 6.59. The van der Waals surface area contributed by atoms with Crippen LogP contribution in [0.3, 0.4) is 0 Å². The summed E-state index contributed by atoms with van der Waals surface area (Å²) in [5.74, 6) is -0.103. The number of rotatable bonds is 7. The minimum absolute atomic E-state index is 0.0114. The third-order valence-corrected chi connectivity index (χ3v) is 7.26. The van der Waals surface area contributed by atoms with Gasteiger partial charge in [-0.3, -0.25) is 9.78 Å². The van der Waals surface area contributed by atoms with Crippen LogP contribution in [-0.2, 0) is 0 Å². The number of amides is 1. The number of benzene rings is 1. The molecule has 202 valence electrons. The van der Waals surface area contributed by atoms with Crippen molar-refractivity contribution in [2.45, 2.75) is 45.4 Å². The fourth-order valence-corrected chi connectivity index (χ4v) is 4.76. The zero-order valence-electron chi connectivity index (χ0n) is 21.1. The van der Waals surface area contributed by atoms with Gasteiger partial charge < -0.3 is 19.6 Å². The molecule has 37 heavy (non-hydrogen) atoms. The van der Waals surface area contributed by atoms with Crippen LogP contribution in [0.15, 0.2) is 36.5 Å². The van der Waals surface area contributed by atoms with Crippen LogP contribution < -0.4 is 4.74 Å². The molecule has 6 nitrogen and oxygen atoms in total. The highest BCUT2D eigenvalue weighted by Gasteiger charge is 2.48.